The molecule has 0 saturated heterocycles. The summed E-state index contributed by atoms with van der Waals surface area (Å²) >= 11 is 0. The number of nitrogens with two attached hydrogens (primary N) is 1. The second-order valence-electron chi connectivity index (χ2n) is 3.46. The van der Waals surface area contributed by atoms with Gasteiger partial charge in [-0.15, -0.1) is 0 Å². The highest BCUT2D eigenvalue weighted by Crippen LogP contribution is 2.35. The zero-order chi connectivity index (χ0) is 10.8. The van der Waals surface area contributed by atoms with E-state index in [1.54, 1.807) is 6.07 Å². The zero-order valence-electron chi connectivity index (χ0n) is 8.58. The third-order valence-corrected chi connectivity index (χ3v) is 2.27. The summed E-state index contributed by atoms with van der Waals surface area (Å²) in [7, 11) is 0. The lowest BCUT2D eigenvalue weighted by Gasteiger charge is -2.21. The van der Waals surface area contributed by atoms with E-state index in [2.05, 4.69) is 0 Å². The largest absolute Gasteiger partial charge is 0.486 e. The predicted octanol–water partition coefficient (Wildman–Crippen LogP) is 0.908. The van der Waals surface area contributed by atoms with Gasteiger partial charge in [0, 0.05) is 0 Å². The minimum absolute atomic E-state index is 0.0146. The van der Waals surface area contributed by atoms with E-state index in [9.17, 15) is 4.79 Å². The molecule has 2 rings (SSSR count). The molecule has 0 saturated carbocycles. The number of carbonyl (C=O) groups is 1. The van der Waals surface area contributed by atoms with E-state index in [4.69, 9.17) is 15.2 Å². The predicted molar refractivity (Wildman–Crippen MR) is 55.6 cm³/mol. The van der Waals surface area contributed by atoms with Crippen molar-refractivity contribution in [3.8, 4) is 11.5 Å². The molecule has 0 bridgehead atoms. The van der Waals surface area contributed by atoms with Crippen LogP contribution in [0.3, 0.4) is 0 Å². The number of aryl methyl sites for hydroxylation is 1. The summed E-state index contributed by atoms with van der Waals surface area (Å²) in [5, 5.41) is 0. The van der Waals surface area contributed by atoms with Crippen molar-refractivity contribution in [3.05, 3.63) is 23.3 Å². The zero-order valence-corrected chi connectivity index (χ0v) is 8.58. The van der Waals surface area contributed by atoms with Gasteiger partial charge in [0.15, 0.2) is 17.3 Å². The van der Waals surface area contributed by atoms with Gasteiger partial charge in [-0.25, -0.2) is 0 Å². The second kappa shape index (κ2) is 3.90. The first-order chi connectivity index (χ1) is 7.22. The lowest BCUT2D eigenvalue weighted by atomic mass is 10.1. The molecule has 0 spiro atoms. The molecule has 0 aromatic heterocycles. The van der Waals surface area contributed by atoms with Crippen LogP contribution < -0.4 is 15.2 Å². The van der Waals surface area contributed by atoms with E-state index in [1.807, 2.05) is 13.0 Å². The van der Waals surface area contributed by atoms with Gasteiger partial charge in [0.1, 0.15) is 13.2 Å². The minimum atomic E-state index is -0.125. The van der Waals surface area contributed by atoms with E-state index in [1.165, 1.54) is 0 Å². The summed E-state index contributed by atoms with van der Waals surface area (Å²) in [6.07, 6.45) is 0. The normalized spacial score (nSPS) is 13.7. The number of hydrogen-bond donors (Lipinski definition) is 1. The first-order valence-corrected chi connectivity index (χ1v) is 4.86. The van der Waals surface area contributed by atoms with Crippen molar-refractivity contribution >= 4 is 5.78 Å². The number of rotatable bonds is 2. The molecule has 4 nitrogen and oxygen atoms in total. The Labute approximate surface area is 88.0 Å². The van der Waals surface area contributed by atoms with Gasteiger partial charge in [-0.1, -0.05) is 0 Å². The van der Waals surface area contributed by atoms with Crippen molar-refractivity contribution in [3.63, 3.8) is 0 Å². The SMILES string of the molecule is Cc1cc2c(c(C(=O)CN)c1)OCCO2. The van der Waals surface area contributed by atoms with Gasteiger partial charge in [-0.2, -0.15) is 0 Å². The van der Waals surface area contributed by atoms with E-state index < -0.39 is 0 Å². The number of Topliss-reactive ketones (excluding diaryl/α,β-unsaturated/α-hetero) is 1. The van der Waals surface area contributed by atoms with Crippen molar-refractivity contribution in [2.75, 3.05) is 19.8 Å². The van der Waals surface area contributed by atoms with Gasteiger partial charge in [-0.05, 0) is 24.6 Å². The Kier molecular flexibility index (Phi) is 2.60. The molecule has 2 N–H and O–H groups in total. The van der Waals surface area contributed by atoms with Crippen LogP contribution in [0.15, 0.2) is 12.1 Å². The number of carbonyl (C=O) groups excluding carboxylic acids is 1. The summed E-state index contributed by atoms with van der Waals surface area (Å²) in [6, 6.07) is 3.64. The molecule has 0 fully saturated rings. The molecule has 0 unspecified atom stereocenters. The molecule has 0 aliphatic carbocycles. The maximum absolute atomic E-state index is 11.6. The summed E-state index contributed by atoms with van der Waals surface area (Å²) in [4.78, 5) is 11.6. The third-order valence-electron chi connectivity index (χ3n) is 2.27. The fourth-order valence-electron chi connectivity index (χ4n) is 1.61. The number of hydrogen-bond acceptors (Lipinski definition) is 4. The smallest absolute Gasteiger partial charge is 0.180 e. The second-order valence-corrected chi connectivity index (χ2v) is 3.46. The van der Waals surface area contributed by atoms with Gasteiger partial charge in [0.05, 0.1) is 12.1 Å². The molecular weight excluding hydrogens is 194 g/mol. The average Bonchev–Trinajstić information content (AvgIpc) is 2.26. The molecule has 1 aromatic rings. The summed E-state index contributed by atoms with van der Waals surface area (Å²) in [6.45, 7) is 2.89. The van der Waals surface area contributed by atoms with E-state index in [0.717, 1.165) is 5.56 Å². The minimum Gasteiger partial charge on any atom is -0.486 e. The van der Waals surface area contributed by atoms with Gasteiger partial charge < -0.3 is 15.2 Å². The number of benzene rings is 1. The highest BCUT2D eigenvalue weighted by Gasteiger charge is 2.20. The molecule has 1 aromatic carbocycles. The average molecular weight is 207 g/mol. The van der Waals surface area contributed by atoms with E-state index >= 15 is 0 Å². The van der Waals surface area contributed by atoms with Crippen LogP contribution in [0.1, 0.15) is 15.9 Å². The molecule has 80 valence electrons. The lowest BCUT2D eigenvalue weighted by Crippen LogP contribution is -2.20. The van der Waals surface area contributed by atoms with Crippen molar-refractivity contribution in [2.45, 2.75) is 6.92 Å². The Hall–Kier alpha value is -1.55. The molecule has 4 heteroatoms. The quantitative estimate of drug-likeness (QED) is 0.732. The molecular formula is C11H13NO3. The Morgan fingerprint density at radius 1 is 1.40 bits per heavy atom. The molecule has 1 aliphatic rings. The fourth-order valence-corrected chi connectivity index (χ4v) is 1.61. The molecule has 1 heterocycles. The molecule has 0 radical (unpaired) electrons. The topological polar surface area (TPSA) is 61.6 Å². The van der Waals surface area contributed by atoms with Crippen molar-refractivity contribution in [1.82, 2.24) is 0 Å². The Morgan fingerprint density at radius 2 is 2.13 bits per heavy atom. The van der Waals surface area contributed by atoms with Crippen LogP contribution in [-0.2, 0) is 0 Å². The Balaban J connectivity index is 2.52. The molecule has 1 aliphatic heterocycles. The maximum atomic E-state index is 11.6. The van der Waals surface area contributed by atoms with Crippen LogP contribution in [0.4, 0.5) is 0 Å². The summed E-state index contributed by atoms with van der Waals surface area (Å²) in [5.74, 6) is 1.04. The van der Waals surface area contributed by atoms with Crippen LogP contribution >= 0.6 is 0 Å². The Morgan fingerprint density at radius 3 is 2.87 bits per heavy atom. The number of ketones is 1. The van der Waals surface area contributed by atoms with Crippen molar-refractivity contribution in [2.24, 2.45) is 5.73 Å². The van der Waals surface area contributed by atoms with Crippen LogP contribution in [0.5, 0.6) is 11.5 Å². The van der Waals surface area contributed by atoms with Crippen molar-refractivity contribution in [1.29, 1.82) is 0 Å². The fraction of sp³-hybridized carbons (Fsp3) is 0.364. The maximum Gasteiger partial charge on any atom is 0.180 e. The first kappa shape index (κ1) is 9.98. The van der Waals surface area contributed by atoms with Crippen LogP contribution in [0.25, 0.3) is 0 Å². The monoisotopic (exact) mass is 207 g/mol. The van der Waals surface area contributed by atoms with Crippen LogP contribution in [-0.4, -0.2) is 25.5 Å². The first-order valence-electron chi connectivity index (χ1n) is 4.86. The highest BCUT2D eigenvalue weighted by atomic mass is 16.6. The van der Waals surface area contributed by atoms with Crippen molar-refractivity contribution < 1.29 is 14.3 Å². The highest BCUT2D eigenvalue weighted by molar-refractivity contribution is 6.01. The van der Waals surface area contributed by atoms with Gasteiger partial charge in [0.25, 0.3) is 0 Å². The lowest BCUT2D eigenvalue weighted by molar-refractivity contribution is 0.0990. The number of ether oxygens (including phenoxy) is 2. The summed E-state index contributed by atoms with van der Waals surface area (Å²) < 4.78 is 10.9. The van der Waals surface area contributed by atoms with Gasteiger partial charge in [0.2, 0.25) is 0 Å². The van der Waals surface area contributed by atoms with Crippen LogP contribution in [0, 0.1) is 6.92 Å². The third kappa shape index (κ3) is 1.80. The van der Waals surface area contributed by atoms with E-state index in [0.29, 0.717) is 30.3 Å². The molecule has 0 atom stereocenters. The van der Waals surface area contributed by atoms with Crippen LogP contribution in [0.2, 0.25) is 0 Å². The standard InChI is InChI=1S/C11H13NO3/c1-7-4-8(9(13)6-12)11-10(5-7)14-2-3-15-11/h4-5H,2-3,6,12H2,1H3. The van der Waals surface area contributed by atoms with Gasteiger partial charge in [-0.3, -0.25) is 4.79 Å². The van der Waals surface area contributed by atoms with E-state index in [-0.39, 0.29) is 12.3 Å². The van der Waals surface area contributed by atoms with Gasteiger partial charge >= 0.3 is 0 Å². The summed E-state index contributed by atoms with van der Waals surface area (Å²) in [5.41, 5.74) is 6.83. The molecule has 15 heavy (non-hydrogen) atoms. The molecule has 0 amide bonds. The number of fused-ring (bicyclic) bond motifs is 1. The Bertz CT molecular complexity index is 401.